The maximum absolute atomic E-state index is 12.5. The molecule has 1 heterocycles. The maximum atomic E-state index is 12.5. The lowest BCUT2D eigenvalue weighted by Crippen LogP contribution is -2.27. The van der Waals surface area contributed by atoms with E-state index in [-0.39, 0.29) is 10.7 Å². The van der Waals surface area contributed by atoms with Crippen LogP contribution in [0.5, 0.6) is 0 Å². The molecular weight excluding hydrogens is 299 g/mol. The third kappa shape index (κ3) is 2.46. The predicted molar refractivity (Wildman–Crippen MR) is 61.1 cm³/mol. The Labute approximate surface area is 105 Å². The van der Waals surface area contributed by atoms with Crippen LogP contribution in [0.1, 0.15) is 12.0 Å². The molecule has 0 saturated carbocycles. The van der Waals surface area contributed by atoms with Gasteiger partial charge in [-0.1, -0.05) is 22.0 Å². The van der Waals surface area contributed by atoms with Crippen LogP contribution in [0.3, 0.4) is 0 Å². The first-order chi connectivity index (χ1) is 7.89. The molecule has 0 N–H and O–H groups in total. The average molecular weight is 308 g/mol. The molecule has 1 aromatic carbocycles. The molecule has 1 aliphatic rings. The van der Waals surface area contributed by atoms with Crippen LogP contribution in [-0.2, 0) is 11.0 Å². The molecule has 2 rings (SSSR count). The summed E-state index contributed by atoms with van der Waals surface area (Å²) in [6, 6.07) is 4.82. The summed E-state index contributed by atoms with van der Waals surface area (Å²) in [4.78, 5) is 12.7. The molecule has 2 nitrogen and oxygen atoms in total. The summed E-state index contributed by atoms with van der Waals surface area (Å²) in [5, 5.41) is 0. The van der Waals surface area contributed by atoms with Gasteiger partial charge in [-0.05, 0) is 24.6 Å². The predicted octanol–water partition coefficient (Wildman–Crippen LogP) is 3.21. The number of hydrogen-bond acceptors (Lipinski definition) is 1. The van der Waals surface area contributed by atoms with Crippen LogP contribution >= 0.6 is 15.9 Å². The van der Waals surface area contributed by atoms with Crippen LogP contribution < -0.4 is 4.90 Å². The van der Waals surface area contributed by atoms with Crippen molar-refractivity contribution in [3.05, 3.63) is 29.8 Å². The lowest BCUT2D eigenvalue weighted by atomic mass is 10.2. The fourth-order valence-electron chi connectivity index (χ4n) is 1.75. The number of halogens is 4. The van der Waals surface area contributed by atoms with Gasteiger partial charge in [0.2, 0.25) is 5.91 Å². The van der Waals surface area contributed by atoms with Crippen LogP contribution in [0.15, 0.2) is 24.3 Å². The smallest absolute Gasteiger partial charge is 0.311 e. The highest BCUT2D eigenvalue weighted by atomic mass is 79.9. The highest BCUT2D eigenvalue weighted by molar-refractivity contribution is 9.10. The minimum Gasteiger partial charge on any atom is -0.311 e. The molecule has 0 aliphatic carbocycles. The zero-order valence-corrected chi connectivity index (χ0v) is 10.3. The Morgan fingerprint density at radius 2 is 2.06 bits per heavy atom. The van der Waals surface area contributed by atoms with Crippen LogP contribution in [0.2, 0.25) is 0 Å². The number of nitrogens with zero attached hydrogens (tertiary/aromatic N) is 1. The van der Waals surface area contributed by atoms with Gasteiger partial charge >= 0.3 is 6.18 Å². The van der Waals surface area contributed by atoms with Gasteiger partial charge in [0, 0.05) is 12.2 Å². The SMILES string of the molecule is O=C1[C@@H](Br)CCN1c1cccc(C(F)(F)F)c1. The van der Waals surface area contributed by atoms with E-state index in [0.717, 1.165) is 12.1 Å². The van der Waals surface area contributed by atoms with Crippen molar-refractivity contribution in [2.45, 2.75) is 17.4 Å². The van der Waals surface area contributed by atoms with E-state index in [9.17, 15) is 18.0 Å². The second-order valence-electron chi connectivity index (χ2n) is 3.79. The van der Waals surface area contributed by atoms with Crippen molar-refractivity contribution >= 4 is 27.5 Å². The molecular formula is C11H9BrF3NO. The Kier molecular flexibility index (Phi) is 3.16. The normalized spacial score (nSPS) is 21.1. The van der Waals surface area contributed by atoms with Crippen molar-refractivity contribution in [1.82, 2.24) is 0 Å². The van der Waals surface area contributed by atoms with E-state index < -0.39 is 11.7 Å². The molecule has 1 aromatic rings. The fourth-order valence-corrected chi connectivity index (χ4v) is 2.20. The second kappa shape index (κ2) is 4.33. The fraction of sp³-hybridized carbons (Fsp3) is 0.364. The number of benzene rings is 1. The summed E-state index contributed by atoms with van der Waals surface area (Å²) in [6.07, 6.45) is -3.78. The van der Waals surface area contributed by atoms with Gasteiger partial charge in [0.15, 0.2) is 0 Å². The summed E-state index contributed by atoms with van der Waals surface area (Å²) in [5.74, 6) is -0.190. The largest absolute Gasteiger partial charge is 0.416 e. The number of anilines is 1. The summed E-state index contributed by atoms with van der Waals surface area (Å²) in [7, 11) is 0. The Morgan fingerprint density at radius 3 is 2.59 bits per heavy atom. The van der Waals surface area contributed by atoms with Crippen molar-refractivity contribution in [3.8, 4) is 0 Å². The van der Waals surface area contributed by atoms with Gasteiger partial charge in [-0.25, -0.2) is 0 Å². The highest BCUT2D eigenvalue weighted by Gasteiger charge is 2.34. The number of rotatable bonds is 1. The summed E-state index contributed by atoms with van der Waals surface area (Å²) < 4.78 is 37.5. The Bertz CT molecular complexity index is 447. The highest BCUT2D eigenvalue weighted by Crippen LogP contribution is 2.33. The lowest BCUT2D eigenvalue weighted by molar-refractivity contribution is -0.137. The van der Waals surface area contributed by atoms with Crippen molar-refractivity contribution < 1.29 is 18.0 Å². The number of alkyl halides is 4. The molecule has 0 spiro atoms. The lowest BCUT2D eigenvalue weighted by Gasteiger charge is -2.17. The zero-order chi connectivity index (χ0) is 12.6. The summed E-state index contributed by atoms with van der Waals surface area (Å²) in [5.41, 5.74) is -0.437. The first kappa shape index (κ1) is 12.4. The molecule has 1 fully saturated rings. The zero-order valence-electron chi connectivity index (χ0n) is 8.67. The second-order valence-corrected chi connectivity index (χ2v) is 4.90. The molecule has 6 heteroatoms. The maximum Gasteiger partial charge on any atom is 0.416 e. The Balaban J connectivity index is 2.31. The Morgan fingerprint density at radius 1 is 1.35 bits per heavy atom. The van der Waals surface area contributed by atoms with Crippen LogP contribution in [0.4, 0.5) is 18.9 Å². The third-order valence-corrected chi connectivity index (χ3v) is 3.47. The molecule has 92 valence electrons. The summed E-state index contributed by atoms with van der Waals surface area (Å²) >= 11 is 3.19. The number of carbonyl (C=O) groups is 1. The van der Waals surface area contributed by atoms with Gasteiger partial charge in [-0.15, -0.1) is 0 Å². The standard InChI is InChI=1S/C11H9BrF3NO/c12-9-4-5-16(10(9)17)8-3-1-2-7(6-8)11(13,14)15/h1-3,6,9H,4-5H2/t9-/m0/s1. The topological polar surface area (TPSA) is 20.3 Å². The van der Waals surface area contributed by atoms with Gasteiger partial charge in [0.05, 0.1) is 10.4 Å². The minimum atomic E-state index is -4.38. The molecule has 0 bridgehead atoms. The molecule has 0 radical (unpaired) electrons. The van der Waals surface area contributed by atoms with Crippen molar-refractivity contribution in [1.29, 1.82) is 0 Å². The third-order valence-electron chi connectivity index (χ3n) is 2.63. The average Bonchev–Trinajstić information content (AvgIpc) is 2.59. The first-order valence-electron chi connectivity index (χ1n) is 5.02. The molecule has 0 aromatic heterocycles. The van der Waals surface area contributed by atoms with E-state index in [1.165, 1.54) is 17.0 Å². The van der Waals surface area contributed by atoms with E-state index in [1.54, 1.807) is 0 Å². The van der Waals surface area contributed by atoms with E-state index >= 15 is 0 Å². The monoisotopic (exact) mass is 307 g/mol. The van der Waals surface area contributed by atoms with Crippen LogP contribution in [0.25, 0.3) is 0 Å². The van der Waals surface area contributed by atoms with Crippen molar-refractivity contribution in [2.75, 3.05) is 11.4 Å². The van der Waals surface area contributed by atoms with Gasteiger partial charge in [-0.2, -0.15) is 13.2 Å². The van der Waals surface area contributed by atoms with E-state index in [4.69, 9.17) is 0 Å². The molecule has 1 amide bonds. The molecule has 0 unspecified atom stereocenters. The number of hydrogen-bond donors (Lipinski definition) is 0. The van der Waals surface area contributed by atoms with E-state index in [1.807, 2.05) is 0 Å². The van der Waals surface area contributed by atoms with E-state index in [2.05, 4.69) is 15.9 Å². The minimum absolute atomic E-state index is 0.190. The molecule has 1 aliphatic heterocycles. The van der Waals surface area contributed by atoms with Gasteiger partial charge in [0.1, 0.15) is 0 Å². The molecule has 1 atom stereocenters. The quantitative estimate of drug-likeness (QED) is 0.730. The van der Waals surface area contributed by atoms with Crippen molar-refractivity contribution in [2.24, 2.45) is 0 Å². The van der Waals surface area contributed by atoms with Crippen LogP contribution in [0, 0.1) is 0 Å². The number of carbonyl (C=O) groups excluding carboxylic acids is 1. The summed E-state index contributed by atoms with van der Waals surface area (Å²) in [6.45, 7) is 0.441. The number of amides is 1. The van der Waals surface area contributed by atoms with Gasteiger partial charge < -0.3 is 4.90 Å². The molecule has 1 saturated heterocycles. The molecule has 17 heavy (non-hydrogen) atoms. The Hall–Kier alpha value is -1.04. The van der Waals surface area contributed by atoms with Crippen LogP contribution in [-0.4, -0.2) is 17.3 Å². The van der Waals surface area contributed by atoms with Gasteiger partial charge in [-0.3, -0.25) is 4.79 Å². The van der Waals surface area contributed by atoms with E-state index in [0.29, 0.717) is 18.7 Å². The first-order valence-corrected chi connectivity index (χ1v) is 5.94. The van der Waals surface area contributed by atoms with Crippen molar-refractivity contribution in [3.63, 3.8) is 0 Å². The van der Waals surface area contributed by atoms with Gasteiger partial charge in [0.25, 0.3) is 0 Å².